The number of benzene rings is 4. The Morgan fingerprint density at radius 1 is 0.906 bits per heavy atom. The zero-order valence-corrected chi connectivity index (χ0v) is 30.8. The maximum absolute atomic E-state index is 15.4. The molecule has 270 valence electrons. The number of allylic oxidation sites excluding steroid dienone is 2. The predicted molar refractivity (Wildman–Crippen MR) is 202 cm³/mol. The van der Waals surface area contributed by atoms with Gasteiger partial charge in [-0.1, -0.05) is 84.2 Å². The van der Waals surface area contributed by atoms with Crippen molar-refractivity contribution in [2.45, 2.75) is 44.4 Å². The van der Waals surface area contributed by atoms with Crippen LogP contribution in [0.15, 0.2) is 96.6 Å². The molecule has 3 fully saturated rings. The highest BCUT2D eigenvalue weighted by Crippen LogP contribution is 2.65. The van der Waals surface area contributed by atoms with Gasteiger partial charge in [-0.25, -0.2) is 0 Å². The third-order valence-corrected chi connectivity index (χ3v) is 12.3. The normalized spacial score (nSPS) is 26.3. The van der Waals surface area contributed by atoms with Crippen molar-refractivity contribution in [1.29, 1.82) is 0 Å². The van der Waals surface area contributed by atoms with Gasteiger partial charge in [0.2, 0.25) is 11.8 Å². The van der Waals surface area contributed by atoms with E-state index in [-0.39, 0.29) is 35.4 Å². The van der Waals surface area contributed by atoms with Crippen molar-refractivity contribution in [1.82, 2.24) is 5.01 Å². The van der Waals surface area contributed by atoms with Crippen molar-refractivity contribution in [3.05, 3.63) is 129 Å². The number of hydrazine groups is 1. The van der Waals surface area contributed by atoms with Crippen LogP contribution in [0.5, 0.6) is 11.5 Å². The van der Waals surface area contributed by atoms with Crippen LogP contribution in [0.1, 0.15) is 47.9 Å². The number of para-hydroxylation sites is 1. The van der Waals surface area contributed by atoms with Gasteiger partial charge in [-0.3, -0.25) is 29.5 Å². The van der Waals surface area contributed by atoms with Gasteiger partial charge >= 0.3 is 0 Å². The van der Waals surface area contributed by atoms with Gasteiger partial charge in [0.15, 0.2) is 0 Å². The van der Waals surface area contributed by atoms with E-state index in [1.807, 2.05) is 31.2 Å². The summed E-state index contributed by atoms with van der Waals surface area (Å²) in [5.74, 6) is -5.00. The second kappa shape index (κ2) is 13.1. The summed E-state index contributed by atoms with van der Waals surface area (Å²) >= 11 is 12.7. The van der Waals surface area contributed by atoms with E-state index >= 15 is 4.79 Å². The highest BCUT2D eigenvalue weighted by atomic mass is 35.5. The molecule has 6 atom stereocenters. The van der Waals surface area contributed by atoms with Crippen molar-refractivity contribution in [2.75, 3.05) is 17.4 Å². The van der Waals surface area contributed by atoms with E-state index in [1.54, 1.807) is 74.7 Å². The number of hydrogen-bond donors (Lipinski definition) is 2. The molecule has 2 N–H and O–H groups in total. The van der Waals surface area contributed by atoms with Crippen molar-refractivity contribution in [3.8, 4) is 11.5 Å². The Kier molecular flexibility index (Phi) is 8.62. The van der Waals surface area contributed by atoms with Crippen LogP contribution < -0.4 is 15.1 Å². The summed E-state index contributed by atoms with van der Waals surface area (Å²) in [6.45, 7) is 3.82. The van der Waals surface area contributed by atoms with Crippen LogP contribution in [0, 0.1) is 30.6 Å². The Morgan fingerprint density at radius 2 is 1.64 bits per heavy atom. The summed E-state index contributed by atoms with van der Waals surface area (Å²) in [7, 11) is 1.55. The highest BCUT2D eigenvalue weighted by molar-refractivity contribution is 6.36. The molecule has 11 heteroatoms. The standard InChI is InChI=1S/C42H37Cl2N3O6/c1-4-23-8-13-26(14-9-23)46-38(49)29-18-17-28-31(35(29)40(46)51)21-32-39(50)47(45-34-19-12-25(43)20-33(34)44)41(52)42(32,24-10-15-27(53-3)16-11-24)36(28)30-7-5-6-22(2)37(30)48/h5-17,19-20,29,31-32,35-36,45,48H,4,18,21H2,1-3H3. The van der Waals surface area contributed by atoms with Crippen molar-refractivity contribution in [3.63, 3.8) is 0 Å². The summed E-state index contributed by atoms with van der Waals surface area (Å²) in [5, 5.41) is 13.4. The Hall–Kier alpha value is -5.12. The first-order valence-corrected chi connectivity index (χ1v) is 18.5. The molecule has 0 spiro atoms. The summed E-state index contributed by atoms with van der Waals surface area (Å²) in [6.07, 6.45) is 3.16. The molecule has 4 aromatic carbocycles. The summed E-state index contributed by atoms with van der Waals surface area (Å²) in [6, 6.07) is 24.6. The quantitative estimate of drug-likeness (QED) is 0.147. The molecule has 9 nitrogen and oxygen atoms in total. The Labute approximate surface area is 317 Å². The molecule has 0 aromatic heterocycles. The molecule has 4 aromatic rings. The number of halogens is 2. The molecule has 0 radical (unpaired) electrons. The largest absolute Gasteiger partial charge is 0.507 e. The first-order chi connectivity index (χ1) is 25.5. The van der Waals surface area contributed by atoms with E-state index in [2.05, 4.69) is 5.43 Å². The third-order valence-electron chi connectivity index (χ3n) is 11.8. The molecule has 1 saturated carbocycles. The summed E-state index contributed by atoms with van der Waals surface area (Å²) in [5.41, 5.74) is 5.65. The lowest BCUT2D eigenvalue weighted by atomic mass is 9.49. The number of nitrogens with zero attached hydrogens (tertiary/aromatic N) is 2. The Morgan fingerprint density at radius 3 is 2.32 bits per heavy atom. The Bertz CT molecular complexity index is 2220. The third kappa shape index (κ3) is 5.19. The first-order valence-electron chi connectivity index (χ1n) is 17.7. The lowest BCUT2D eigenvalue weighted by molar-refractivity contribution is -0.138. The van der Waals surface area contributed by atoms with E-state index < -0.39 is 46.8 Å². The number of amides is 4. The molecule has 4 aliphatic rings. The first kappa shape index (κ1) is 34.9. The molecular weight excluding hydrogens is 713 g/mol. The van der Waals surface area contributed by atoms with Gasteiger partial charge < -0.3 is 9.84 Å². The molecule has 53 heavy (non-hydrogen) atoms. The molecule has 2 aliphatic carbocycles. The fraction of sp³-hybridized carbons (Fsp3) is 0.286. The number of aromatic hydroxyl groups is 1. The smallest absolute Gasteiger partial charge is 0.260 e. The van der Waals surface area contributed by atoms with Crippen molar-refractivity contribution in [2.24, 2.45) is 23.7 Å². The van der Waals surface area contributed by atoms with Gasteiger partial charge in [0.1, 0.15) is 11.5 Å². The zero-order chi connectivity index (χ0) is 37.3. The number of carbonyl (C=O) groups excluding carboxylic acids is 4. The minimum absolute atomic E-state index is 0.00770. The number of anilines is 2. The van der Waals surface area contributed by atoms with Gasteiger partial charge in [0, 0.05) is 16.5 Å². The molecule has 2 heterocycles. The molecular formula is C42H37Cl2N3O6. The van der Waals surface area contributed by atoms with E-state index in [0.29, 0.717) is 38.8 Å². The van der Waals surface area contributed by atoms with Crippen LogP contribution in [0.3, 0.4) is 0 Å². The number of ether oxygens (including phenoxy) is 1. The number of rotatable bonds is 7. The molecule has 0 bridgehead atoms. The lowest BCUT2D eigenvalue weighted by Crippen LogP contribution is -2.53. The van der Waals surface area contributed by atoms with Crippen LogP contribution in [0.4, 0.5) is 11.4 Å². The van der Waals surface area contributed by atoms with Gasteiger partial charge in [-0.2, -0.15) is 5.01 Å². The SMILES string of the molecule is CCc1ccc(N2C(=O)C3CC=C4C(CC5C(=O)N(Nc6ccc(Cl)cc6Cl)C(=O)C5(c5ccc(OC)cc5)C4c4cccc(C)c4O)C3C2=O)cc1. The number of phenols is 1. The minimum atomic E-state index is -1.57. The summed E-state index contributed by atoms with van der Waals surface area (Å²) < 4.78 is 5.47. The second-order valence-corrected chi connectivity index (χ2v) is 15.1. The highest BCUT2D eigenvalue weighted by Gasteiger charge is 2.70. The van der Waals surface area contributed by atoms with E-state index in [9.17, 15) is 19.5 Å². The van der Waals surface area contributed by atoms with Gasteiger partial charge in [-0.15, -0.1) is 0 Å². The Balaban J connectivity index is 1.33. The fourth-order valence-corrected chi connectivity index (χ4v) is 9.69. The molecule has 8 rings (SSSR count). The van der Waals surface area contributed by atoms with Gasteiger partial charge in [-0.05, 0) is 91.3 Å². The minimum Gasteiger partial charge on any atom is -0.507 e. The topological polar surface area (TPSA) is 116 Å². The number of imide groups is 2. The molecule has 2 saturated heterocycles. The second-order valence-electron chi connectivity index (χ2n) is 14.3. The van der Waals surface area contributed by atoms with Crippen molar-refractivity contribution < 1.29 is 29.0 Å². The predicted octanol–water partition coefficient (Wildman–Crippen LogP) is 7.77. The van der Waals surface area contributed by atoms with E-state index in [0.717, 1.165) is 22.6 Å². The van der Waals surface area contributed by atoms with E-state index in [4.69, 9.17) is 27.9 Å². The number of aryl methyl sites for hydroxylation is 2. The molecule has 4 amide bonds. The average Bonchev–Trinajstić information content (AvgIpc) is 3.54. The van der Waals surface area contributed by atoms with Crippen LogP contribution in [0.25, 0.3) is 0 Å². The lowest BCUT2D eigenvalue weighted by Gasteiger charge is -2.50. The molecule has 2 aliphatic heterocycles. The van der Waals surface area contributed by atoms with Gasteiger partial charge in [0.05, 0.1) is 46.7 Å². The van der Waals surface area contributed by atoms with Crippen LogP contribution in [-0.4, -0.2) is 40.9 Å². The van der Waals surface area contributed by atoms with E-state index in [1.165, 1.54) is 11.0 Å². The van der Waals surface area contributed by atoms with Crippen LogP contribution in [-0.2, 0) is 31.0 Å². The average molecular weight is 751 g/mol. The van der Waals surface area contributed by atoms with Crippen LogP contribution >= 0.6 is 23.2 Å². The maximum Gasteiger partial charge on any atom is 0.260 e. The van der Waals surface area contributed by atoms with Crippen molar-refractivity contribution >= 4 is 58.2 Å². The monoisotopic (exact) mass is 749 g/mol. The maximum atomic E-state index is 15.4. The van der Waals surface area contributed by atoms with Gasteiger partial charge in [0.25, 0.3) is 11.8 Å². The number of phenolic OH excluding ortho intramolecular Hbond substituents is 1. The number of methoxy groups -OCH3 is 1. The summed E-state index contributed by atoms with van der Waals surface area (Å²) in [4.78, 5) is 60.3. The molecule has 6 unspecified atom stereocenters. The number of carbonyl (C=O) groups is 4. The zero-order valence-electron chi connectivity index (χ0n) is 29.3. The fourth-order valence-electron chi connectivity index (χ4n) is 9.24. The number of fused-ring (bicyclic) bond motifs is 4. The number of hydrogen-bond acceptors (Lipinski definition) is 7. The van der Waals surface area contributed by atoms with Crippen LogP contribution in [0.2, 0.25) is 10.0 Å². The number of nitrogens with one attached hydrogen (secondary N) is 1.